The predicted octanol–water partition coefficient (Wildman–Crippen LogP) is 6.53. The average Bonchev–Trinajstić information content (AvgIpc) is 3.34. The third kappa shape index (κ3) is 6.30. The quantitative estimate of drug-likeness (QED) is 0.268. The van der Waals surface area contributed by atoms with Crippen molar-refractivity contribution in [2.75, 3.05) is 23.5 Å². The van der Waals surface area contributed by atoms with Crippen LogP contribution in [0.3, 0.4) is 0 Å². The van der Waals surface area contributed by atoms with Gasteiger partial charge in [0.15, 0.2) is 0 Å². The molecule has 10 heteroatoms. The van der Waals surface area contributed by atoms with E-state index in [4.69, 9.17) is 4.74 Å². The SMILES string of the molecule is COc1ccccc1NC(=O)C1=C(C)NC(SCC(=O)Nc2ccc(Br)cc2)=C(C#N)C1c1ccc(C)s1. The molecular weight excluding hydrogens is 584 g/mol. The Kier molecular flexibility index (Phi) is 8.94. The number of methoxy groups -OCH3 is 1. The molecule has 0 saturated heterocycles. The van der Waals surface area contributed by atoms with Gasteiger partial charge in [-0.15, -0.1) is 11.3 Å². The van der Waals surface area contributed by atoms with Crippen LogP contribution in [0.15, 0.2) is 87.0 Å². The van der Waals surface area contributed by atoms with E-state index in [-0.39, 0.29) is 17.6 Å². The highest BCUT2D eigenvalue weighted by atomic mass is 79.9. The van der Waals surface area contributed by atoms with Gasteiger partial charge in [-0.05, 0) is 62.4 Å². The number of nitrogens with zero attached hydrogens (tertiary/aromatic N) is 1. The number of carbonyl (C=O) groups is 2. The number of hydrogen-bond donors (Lipinski definition) is 3. The summed E-state index contributed by atoms with van der Waals surface area (Å²) in [5.41, 5.74) is 2.67. The lowest BCUT2D eigenvalue weighted by molar-refractivity contribution is -0.114. The van der Waals surface area contributed by atoms with Crippen LogP contribution in [0.25, 0.3) is 0 Å². The topological polar surface area (TPSA) is 103 Å². The molecule has 7 nitrogen and oxygen atoms in total. The zero-order valence-electron chi connectivity index (χ0n) is 20.9. The molecule has 0 bridgehead atoms. The first-order valence-corrected chi connectivity index (χ1v) is 14.2. The largest absolute Gasteiger partial charge is 0.495 e. The number of anilines is 2. The number of nitrogens with one attached hydrogen (secondary N) is 3. The van der Waals surface area contributed by atoms with E-state index in [1.165, 1.54) is 23.1 Å². The number of thioether (sulfide) groups is 1. The molecule has 1 atom stereocenters. The molecule has 3 aromatic rings. The van der Waals surface area contributed by atoms with Gasteiger partial charge in [0.2, 0.25) is 5.91 Å². The molecule has 0 radical (unpaired) electrons. The van der Waals surface area contributed by atoms with Crippen molar-refractivity contribution in [1.29, 1.82) is 5.26 Å². The summed E-state index contributed by atoms with van der Waals surface area (Å²) in [5, 5.41) is 19.8. The van der Waals surface area contributed by atoms with Crippen LogP contribution in [-0.2, 0) is 9.59 Å². The summed E-state index contributed by atoms with van der Waals surface area (Å²) in [6.07, 6.45) is 0. The molecule has 0 spiro atoms. The summed E-state index contributed by atoms with van der Waals surface area (Å²) < 4.78 is 6.31. The molecule has 1 aliphatic heterocycles. The standard InChI is InChI=1S/C28H25BrN4O3S2/c1-16-8-13-23(38-16)26-20(14-30)28(37-15-24(34)32-19-11-9-18(29)10-12-19)31-17(2)25(26)27(35)33-21-6-4-5-7-22(21)36-3/h4-13,26,31H,15H2,1-3H3,(H,32,34)(H,33,35). The van der Waals surface area contributed by atoms with E-state index in [1.54, 1.807) is 38.3 Å². The van der Waals surface area contributed by atoms with Crippen molar-refractivity contribution in [2.24, 2.45) is 0 Å². The van der Waals surface area contributed by atoms with Gasteiger partial charge in [0.25, 0.3) is 5.91 Å². The molecule has 2 aromatic carbocycles. The Labute approximate surface area is 238 Å². The number of amides is 2. The van der Waals surface area contributed by atoms with Gasteiger partial charge in [0, 0.05) is 31.2 Å². The first-order chi connectivity index (χ1) is 18.3. The molecule has 1 aromatic heterocycles. The fraction of sp³-hybridized carbons (Fsp3) is 0.179. The molecular formula is C28H25BrN4O3S2. The van der Waals surface area contributed by atoms with E-state index in [2.05, 4.69) is 37.9 Å². The summed E-state index contributed by atoms with van der Waals surface area (Å²) in [7, 11) is 1.54. The minimum absolute atomic E-state index is 0.0930. The zero-order chi connectivity index (χ0) is 27.2. The number of nitriles is 1. The molecule has 1 aliphatic rings. The highest BCUT2D eigenvalue weighted by molar-refractivity contribution is 9.10. The number of para-hydroxylation sites is 2. The van der Waals surface area contributed by atoms with Crippen LogP contribution < -0.4 is 20.7 Å². The predicted molar refractivity (Wildman–Crippen MR) is 157 cm³/mol. The highest BCUT2D eigenvalue weighted by Crippen LogP contribution is 2.43. The van der Waals surface area contributed by atoms with E-state index in [0.29, 0.717) is 39.0 Å². The molecule has 1 unspecified atom stereocenters. The number of aryl methyl sites for hydroxylation is 1. The van der Waals surface area contributed by atoms with E-state index in [0.717, 1.165) is 14.2 Å². The van der Waals surface area contributed by atoms with E-state index in [1.807, 2.05) is 43.3 Å². The van der Waals surface area contributed by atoms with Gasteiger partial charge in [0.05, 0.1) is 41.1 Å². The minimum atomic E-state index is -0.577. The van der Waals surface area contributed by atoms with Gasteiger partial charge in [-0.3, -0.25) is 9.59 Å². The smallest absolute Gasteiger partial charge is 0.254 e. The second-order valence-electron chi connectivity index (χ2n) is 8.40. The number of ether oxygens (including phenoxy) is 1. The summed E-state index contributed by atoms with van der Waals surface area (Å²) in [6, 6.07) is 20.7. The Morgan fingerprint density at radius 1 is 1.11 bits per heavy atom. The fourth-order valence-corrected chi connectivity index (χ4v) is 6.18. The number of carbonyl (C=O) groups excluding carboxylic acids is 2. The van der Waals surface area contributed by atoms with Gasteiger partial charge in [0.1, 0.15) is 5.75 Å². The van der Waals surface area contributed by atoms with Crippen molar-refractivity contribution >= 4 is 62.2 Å². The number of benzene rings is 2. The van der Waals surface area contributed by atoms with Crippen LogP contribution in [0.1, 0.15) is 22.6 Å². The lowest BCUT2D eigenvalue weighted by Gasteiger charge is -2.29. The van der Waals surface area contributed by atoms with Crippen LogP contribution in [0.2, 0.25) is 0 Å². The second kappa shape index (κ2) is 12.3. The number of halogens is 1. The molecule has 38 heavy (non-hydrogen) atoms. The molecule has 0 aliphatic carbocycles. The summed E-state index contributed by atoms with van der Waals surface area (Å²) in [5.74, 6) is -0.480. The van der Waals surface area contributed by atoms with E-state index < -0.39 is 5.92 Å². The van der Waals surface area contributed by atoms with Crippen molar-refractivity contribution in [3.8, 4) is 11.8 Å². The second-order valence-corrected chi connectivity index (χ2v) is 11.6. The Balaban J connectivity index is 1.61. The lowest BCUT2D eigenvalue weighted by Crippen LogP contribution is -2.31. The van der Waals surface area contributed by atoms with Gasteiger partial charge < -0.3 is 20.7 Å². The Morgan fingerprint density at radius 2 is 1.84 bits per heavy atom. The molecule has 4 rings (SSSR count). The Hall–Kier alpha value is -3.52. The molecule has 0 saturated carbocycles. The van der Waals surface area contributed by atoms with Crippen LogP contribution in [0.4, 0.5) is 11.4 Å². The van der Waals surface area contributed by atoms with Crippen LogP contribution in [0.5, 0.6) is 5.75 Å². The Morgan fingerprint density at radius 3 is 2.50 bits per heavy atom. The van der Waals surface area contributed by atoms with Crippen LogP contribution in [-0.4, -0.2) is 24.7 Å². The maximum absolute atomic E-state index is 13.6. The molecule has 2 heterocycles. The highest BCUT2D eigenvalue weighted by Gasteiger charge is 2.36. The van der Waals surface area contributed by atoms with Gasteiger partial charge in [-0.2, -0.15) is 5.26 Å². The van der Waals surface area contributed by atoms with Gasteiger partial charge >= 0.3 is 0 Å². The van der Waals surface area contributed by atoms with Crippen molar-refractivity contribution in [1.82, 2.24) is 5.32 Å². The number of dihydropyridines is 1. The van der Waals surface area contributed by atoms with Crippen LogP contribution in [0, 0.1) is 18.3 Å². The first kappa shape index (κ1) is 27.5. The third-order valence-electron chi connectivity index (χ3n) is 5.77. The fourth-order valence-electron chi connectivity index (χ4n) is 4.03. The normalized spacial score (nSPS) is 15.0. The average molecular weight is 610 g/mol. The Bertz CT molecular complexity index is 1470. The number of hydrogen-bond acceptors (Lipinski definition) is 7. The molecule has 0 fully saturated rings. The summed E-state index contributed by atoms with van der Waals surface area (Å²) in [6.45, 7) is 3.79. The van der Waals surface area contributed by atoms with E-state index >= 15 is 0 Å². The van der Waals surface area contributed by atoms with Crippen molar-refractivity contribution in [3.05, 3.63) is 96.8 Å². The van der Waals surface area contributed by atoms with Crippen molar-refractivity contribution in [3.63, 3.8) is 0 Å². The maximum Gasteiger partial charge on any atom is 0.254 e. The van der Waals surface area contributed by atoms with Gasteiger partial charge in [-0.25, -0.2) is 0 Å². The summed E-state index contributed by atoms with van der Waals surface area (Å²) in [4.78, 5) is 28.2. The first-order valence-electron chi connectivity index (χ1n) is 11.6. The number of rotatable bonds is 8. The van der Waals surface area contributed by atoms with Crippen molar-refractivity contribution < 1.29 is 14.3 Å². The van der Waals surface area contributed by atoms with E-state index in [9.17, 15) is 14.9 Å². The molecule has 2 amide bonds. The third-order valence-corrected chi connectivity index (χ3v) is 8.38. The monoisotopic (exact) mass is 608 g/mol. The maximum atomic E-state index is 13.6. The number of allylic oxidation sites excluding steroid dienone is 2. The van der Waals surface area contributed by atoms with Gasteiger partial charge in [-0.1, -0.05) is 39.8 Å². The minimum Gasteiger partial charge on any atom is -0.495 e. The summed E-state index contributed by atoms with van der Waals surface area (Å²) >= 11 is 6.15. The molecule has 3 N–H and O–H groups in total. The molecule has 194 valence electrons. The lowest BCUT2D eigenvalue weighted by atomic mass is 9.86. The zero-order valence-corrected chi connectivity index (χ0v) is 24.1. The van der Waals surface area contributed by atoms with Crippen LogP contribution >= 0.6 is 39.0 Å². The van der Waals surface area contributed by atoms with Crippen molar-refractivity contribution in [2.45, 2.75) is 19.8 Å². The number of thiophene rings is 1.